The quantitative estimate of drug-likeness (QED) is 0.0261. The largest absolute Gasteiger partial charge is 0.394 e. The van der Waals surface area contributed by atoms with E-state index in [9.17, 15) is 30.3 Å². The summed E-state index contributed by atoms with van der Waals surface area (Å²) in [4.78, 5) is 13.0. The van der Waals surface area contributed by atoms with Gasteiger partial charge in [-0.05, 0) is 96.3 Å². The molecule has 7 unspecified atom stereocenters. The van der Waals surface area contributed by atoms with Gasteiger partial charge in [-0.2, -0.15) is 0 Å². The third kappa shape index (κ3) is 38.0. The molecule has 0 saturated carbocycles. The number of aliphatic hydroxyl groups excluding tert-OH is 5. The summed E-state index contributed by atoms with van der Waals surface area (Å²) < 4.78 is 11.2. The Bertz CT molecular complexity index is 1490. The molecular weight excluding hydrogens is 863 g/mol. The third-order valence-corrected chi connectivity index (χ3v) is 12.0. The Hall–Kier alpha value is -3.41. The van der Waals surface area contributed by atoms with Crippen molar-refractivity contribution in [2.24, 2.45) is 0 Å². The maximum atomic E-state index is 13.0. The Kier molecular flexibility index (Phi) is 44.5. The van der Waals surface area contributed by atoms with Crippen molar-refractivity contribution in [3.8, 4) is 0 Å². The fourth-order valence-electron chi connectivity index (χ4n) is 7.71. The number of hydrogen-bond acceptors (Lipinski definition) is 8. The van der Waals surface area contributed by atoms with Crippen molar-refractivity contribution in [2.75, 3.05) is 13.2 Å². The van der Waals surface area contributed by atoms with E-state index < -0.39 is 49.5 Å². The van der Waals surface area contributed by atoms with Crippen LogP contribution in [-0.2, 0) is 14.3 Å². The average Bonchev–Trinajstić information content (AvgIpc) is 3.35. The van der Waals surface area contributed by atoms with Gasteiger partial charge in [0.2, 0.25) is 5.91 Å². The number of nitrogens with one attached hydrogen (secondary N) is 1. The predicted octanol–water partition coefficient (Wildman–Crippen LogP) is 13.2. The Morgan fingerprint density at radius 3 is 1.39 bits per heavy atom. The van der Waals surface area contributed by atoms with Gasteiger partial charge in [-0.1, -0.05) is 212 Å². The lowest BCUT2D eigenvalue weighted by Crippen LogP contribution is -2.60. The number of unbranched alkanes of at least 4 members (excludes halogenated alkanes) is 16. The summed E-state index contributed by atoms with van der Waals surface area (Å²) in [5, 5.41) is 54.4. The van der Waals surface area contributed by atoms with Gasteiger partial charge in [0, 0.05) is 6.42 Å². The van der Waals surface area contributed by atoms with E-state index >= 15 is 0 Å². The van der Waals surface area contributed by atoms with Crippen molar-refractivity contribution in [3.63, 3.8) is 0 Å². The van der Waals surface area contributed by atoms with Crippen LogP contribution in [-0.4, -0.2) is 87.5 Å². The van der Waals surface area contributed by atoms with Crippen molar-refractivity contribution in [3.05, 3.63) is 122 Å². The second-order valence-corrected chi connectivity index (χ2v) is 18.3. The van der Waals surface area contributed by atoms with E-state index in [4.69, 9.17) is 9.47 Å². The minimum Gasteiger partial charge on any atom is -0.394 e. The number of carbonyl (C=O) groups excluding carboxylic acids is 1. The molecule has 1 aliphatic rings. The van der Waals surface area contributed by atoms with Crippen molar-refractivity contribution < 1.29 is 39.8 Å². The molecule has 1 amide bonds. The van der Waals surface area contributed by atoms with E-state index in [1.807, 2.05) is 6.08 Å². The Morgan fingerprint density at radius 2 is 0.913 bits per heavy atom. The molecule has 1 fully saturated rings. The molecule has 392 valence electrons. The lowest BCUT2D eigenvalue weighted by atomic mass is 9.99. The van der Waals surface area contributed by atoms with Gasteiger partial charge in [0.15, 0.2) is 6.29 Å². The van der Waals surface area contributed by atoms with Gasteiger partial charge in [0.05, 0.1) is 25.4 Å². The Labute approximate surface area is 420 Å². The van der Waals surface area contributed by atoms with E-state index in [2.05, 4.69) is 129 Å². The number of amides is 1. The van der Waals surface area contributed by atoms with E-state index in [1.165, 1.54) is 83.5 Å². The molecule has 0 aliphatic carbocycles. The molecule has 0 radical (unpaired) electrons. The van der Waals surface area contributed by atoms with Crippen LogP contribution in [0.3, 0.4) is 0 Å². The molecule has 0 aromatic heterocycles. The monoisotopic (exact) mass is 962 g/mol. The topological polar surface area (TPSA) is 149 Å². The molecule has 0 spiro atoms. The minimum absolute atomic E-state index is 0.238. The molecule has 6 N–H and O–H groups in total. The predicted molar refractivity (Wildman–Crippen MR) is 290 cm³/mol. The SMILES string of the molecule is CC/C=C\C/C=C\C/C=C\C/C=C\C/C=C\C/C=C\C/C=C\CCCC(=O)NC(COC1OC(CO)C(O)C(O)C1O)C(O)/C=C/CC/C=C/CC/C=C/CCCCCCCCCCCCCCC. The molecule has 1 aliphatic heterocycles. The summed E-state index contributed by atoms with van der Waals surface area (Å²) in [5.74, 6) is -0.253. The summed E-state index contributed by atoms with van der Waals surface area (Å²) in [7, 11) is 0. The maximum absolute atomic E-state index is 13.0. The Balaban J connectivity index is 2.38. The van der Waals surface area contributed by atoms with E-state index in [1.54, 1.807) is 6.08 Å². The first kappa shape index (κ1) is 63.6. The fraction of sp³-hybridized carbons (Fsp3) is 0.650. The van der Waals surface area contributed by atoms with Crippen LogP contribution in [0.4, 0.5) is 0 Å². The van der Waals surface area contributed by atoms with Crippen LogP contribution in [0.1, 0.15) is 194 Å². The first-order valence-electron chi connectivity index (χ1n) is 27.3. The van der Waals surface area contributed by atoms with Crippen molar-refractivity contribution in [1.82, 2.24) is 5.32 Å². The van der Waals surface area contributed by atoms with Gasteiger partial charge < -0.3 is 40.3 Å². The number of hydrogen-bond donors (Lipinski definition) is 6. The van der Waals surface area contributed by atoms with Gasteiger partial charge in [-0.3, -0.25) is 4.79 Å². The zero-order chi connectivity index (χ0) is 50.1. The van der Waals surface area contributed by atoms with Crippen LogP contribution in [0.5, 0.6) is 0 Å². The standard InChI is InChI=1S/C60H99NO8/c1-3-5-7-9-11-13-15-17-19-21-23-25-27-29-31-33-35-37-39-41-43-45-47-49-54(63)53(52-68-60-59(67)58(66)57(65)55(51-62)69-60)61-56(64)50-48-46-44-42-40-38-36-34-32-30-28-26-24-22-20-18-16-14-12-10-8-6-4-2/h6,8,12,14,18,20,24,26,30-33,36,38-39,41-42,44,47,49,53-55,57-60,62-63,65-67H,3-5,7,9-11,13,15-17,19,21-23,25,27-29,34-35,37,40,43,45-46,48,50-52H2,1-2H3,(H,61,64)/b8-6-,14-12-,20-18-,26-24-,32-30-,33-31+,38-36-,41-39+,44-42-,49-47+. The molecule has 9 nitrogen and oxygen atoms in total. The van der Waals surface area contributed by atoms with Crippen LogP contribution in [0.2, 0.25) is 0 Å². The molecule has 1 heterocycles. The second-order valence-electron chi connectivity index (χ2n) is 18.3. The van der Waals surface area contributed by atoms with Crippen molar-refractivity contribution >= 4 is 5.91 Å². The highest BCUT2D eigenvalue weighted by Crippen LogP contribution is 2.22. The lowest BCUT2D eigenvalue weighted by Gasteiger charge is -2.40. The van der Waals surface area contributed by atoms with Gasteiger partial charge in [-0.15, -0.1) is 0 Å². The fourth-order valence-corrected chi connectivity index (χ4v) is 7.71. The highest BCUT2D eigenvalue weighted by atomic mass is 16.7. The lowest BCUT2D eigenvalue weighted by molar-refractivity contribution is -0.302. The van der Waals surface area contributed by atoms with Crippen LogP contribution in [0.25, 0.3) is 0 Å². The molecule has 0 aromatic rings. The van der Waals surface area contributed by atoms with Crippen LogP contribution < -0.4 is 5.32 Å². The number of ether oxygens (including phenoxy) is 2. The second kappa shape index (κ2) is 48.2. The molecule has 7 atom stereocenters. The van der Waals surface area contributed by atoms with Gasteiger partial charge in [0.1, 0.15) is 24.4 Å². The molecule has 0 aromatic carbocycles. The third-order valence-electron chi connectivity index (χ3n) is 12.0. The smallest absolute Gasteiger partial charge is 0.220 e. The summed E-state index contributed by atoms with van der Waals surface area (Å²) in [6.07, 6.45) is 65.4. The molecule has 69 heavy (non-hydrogen) atoms. The van der Waals surface area contributed by atoms with Crippen molar-refractivity contribution in [2.45, 2.75) is 236 Å². The van der Waals surface area contributed by atoms with Crippen LogP contribution in [0.15, 0.2) is 122 Å². The van der Waals surface area contributed by atoms with Gasteiger partial charge >= 0.3 is 0 Å². The van der Waals surface area contributed by atoms with E-state index in [-0.39, 0.29) is 18.9 Å². The molecule has 9 heteroatoms. The van der Waals surface area contributed by atoms with Crippen LogP contribution >= 0.6 is 0 Å². The van der Waals surface area contributed by atoms with Gasteiger partial charge in [-0.25, -0.2) is 0 Å². The Morgan fingerprint density at radius 1 is 0.507 bits per heavy atom. The molecule has 0 bridgehead atoms. The number of rotatable bonds is 44. The number of allylic oxidation sites excluding steroid dienone is 19. The summed E-state index contributed by atoms with van der Waals surface area (Å²) in [6, 6.07) is -0.869. The van der Waals surface area contributed by atoms with Crippen molar-refractivity contribution in [1.29, 1.82) is 0 Å². The highest BCUT2D eigenvalue weighted by Gasteiger charge is 2.44. The molecule has 1 saturated heterocycles. The number of aliphatic hydroxyl groups is 5. The highest BCUT2D eigenvalue weighted by molar-refractivity contribution is 5.76. The maximum Gasteiger partial charge on any atom is 0.220 e. The molecular formula is C60H99NO8. The summed E-state index contributed by atoms with van der Waals surface area (Å²) in [6.45, 7) is 3.60. The summed E-state index contributed by atoms with van der Waals surface area (Å²) >= 11 is 0. The zero-order valence-corrected chi connectivity index (χ0v) is 43.3. The normalized spacial score (nSPS) is 20.5. The van der Waals surface area contributed by atoms with E-state index in [0.29, 0.717) is 12.8 Å². The first-order chi connectivity index (χ1) is 33.8. The minimum atomic E-state index is -1.59. The van der Waals surface area contributed by atoms with E-state index in [0.717, 1.165) is 77.0 Å². The first-order valence-corrected chi connectivity index (χ1v) is 27.3. The zero-order valence-electron chi connectivity index (χ0n) is 43.3. The van der Waals surface area contributed by atoms with Gasteiger partial charge in [0.25, 0.3) is 0 Å². The average molecular weight is 962 g/mol. The van der Waals surface area contributed by atoms with Crippen LogP contribution in [0, 0.1) is 0 Å². The molecule has 1 rings (SSSR count). The number of carbonyl (C=O) groups is 1. The summed E-state index contributed by atoms with van der Waals surface area (Å²) in [5.41, 5.74) is 0.